The third kappa shape index (κ3) is 4.53. The molecule has 0 saturated carbocycles. The van der Waals surface area contributed by atoms with Crippen molar-refractivity contribution in [3.8, 4) is 0 Å². The molecule has 4 aromatic rings. The van der Waals surface area contributed by atoms with Gasteiger partial charge in [-0.15, -0.1) is 0 Å². The van der Waals surface area contributed by atoms with Crippen molar-refractivity contribution in [2.24, 2.45) is 0 Å². The Kier molecular flexibility index (Phi) is 6.30. The van der Waals surface area contributed by atoms with Crippen molar-refractivity contribution >= 4 is 17.2 Å². The van der Waals surface area contributed by atoms with Gasteiger partial charge in [0.25, 0.3) is 5.91 Å². The highest BCUT2D eigenvalue weighted by molar-refractivity contribution is 5.94. The van der Waals surface area contributed by atoms with E-state index in [9.17, 15) is 9.18 Å². The maximum Gasteiger partial charge on any atom is 0.270 e. The van der Waals surface area contributed by atoms with Crippen LogP contribution in [0.15, 0.2) is 72.9 Å². The van der Waals surface area contributed by atoms with Crippen LogP contribution in [-0.2, 0) is 13.0 Å². The molecule has 0 atom stereocenters. The van der Waals surface area contributed by atoms with Crippen molar-refractivity contribution in [3.05, 3.63) is 101 Å². The summed E-state index contributed by atoms with van der Waals surface area (Å²) in [6.45, 7) is 4.46. The minimum Gasteiger partial charge on any atom is -0.371 e. The van der Waals surface area contributed by atoms with Gasteiger partial charge in [-0.05, 0) is 54.5 Å². The lowest BCUT2D eigenvalue weighted by molar-refractivity contribution is 0.0944. The second-order valence-electron chi connectivity index (χ2n) is 8.85. The molecule has 34 heavy (non-hydrogen) atoms. The van der Waals surface area contributed by atoms with E-state index in [1.54, 1.807) is 10.6 Å². The first-order chi connectivity index (χ1) is 16.6. The monoisotopic (exact) mass is 456 g/mol. The summed E-state index contributed by atoms with van der Waals surface area (Å²) in [5.41, 5.74) is 5.28. The Morgan fingerprint density at radius 3 is 2.50 bits per heavy atom. The zero-order valence-electron chi connectivity index (χ0n) is 19.4. The van der Waals surface area contributed by atoms with E-state index in [4.69, 9.17) is 0 Å². The van der Waals surface area contributed by atoms with Crippen molar-refractivity contribution in [2.45, 2.75) is 38.6 Å². The standard InChI is InChI=1S/C28H29FN4O/c1-2-25-27(33-17-14-23(29)18-26(33)31-25)28(34)30-19-20-8-10-24(11-9-20)32-15-12-22(13-16-32)21-6-4-3-5-7-21/h3-11,14,17-18,22H,2,12-13,15-16,19H2,1H3,(H,30,34). The summed E-state index contributed by atoms with van der Waals surface area (Å²) in [4.78, 5) is 19.8. The van der Waals surface area contributed by atoms with E-state index in [2.05, 4.69) is 69.8 Å². The quantitative estimate of drug-likeness (QED) is 0.426. The number of hydrogen-bond acceptors (Lipinski definition) is 3. The van der Waals surface area contributed by atoms with Crippen molar-refractivity contribution in [2.75, 3.05) is 18.0 Å². The summed E-state index contributed by atoms with van der Waals surface area (Å²) < 4.78 is 15.2. The minimum atomic E-state index is -0.364. The van der Waals surface area contributed by atoms with E-state index >= 15 is 0 Å². The van der Waals surface area contributed by atoms with Crippen LogP contribution in [0.25, 0.3) is 5.65 Å². The van der Waals surface area contributed by atoms with E-state index < -0.39 is 0 Å². The fourth-order valence-corrected chi connectivity index (χ4v) is 4.84. The molecule has 1 N–H and O–H groups in total. The van der Waals surface area contributed by atoms with E-state index in [0.29, 0.717) is 35.9 Å². The van der Waals surface area contributed by atoms with Crippen LogP contribution in [0.2, 0.25) is 0 Å². The SMILES string of the molecule is CCc1nc2cc(F)ccn2c1C(=O)NCc1ccc(N2CCC(c3ccccc3)CC2)cc1. The van der Waals surface area contributed by atoms with E-state index in [-0.39, 0.29) is 11.7 Å². The van der Waals surface area contributed by atoms with Gasteiger partial charge < -0.3 is 10.2 Å². The third-order valence-electron chi connectivity index (χ3n) is 6.73. The van der Waals surface area contributed by atoms with Crippen LogP contribution in [-0.4, -0.2) is 28.4 Å². The van der Waals surface area contributed by atoms with E-state index in [1.165, 1.54) is 23.4 Å². The molecule has 0 unspecified atom stereocenters. The number of aromatic nitrogens is 2. The first-order valence-electron chi connectivity index (χ1n) is 12.0. The number of amides is 1. The molecular formula is C28H29FN4O. The number of piperidine rings is 1. The Morgan fingerprint density at radius 1 is 1.06 bits per heavy atom. The van der Waals surface area contributed by atoms with Crippen molar-refractivity contribution in [3.63, 3.8) is 0 Å². The largest absolute Gasteiger partial charge is 0.371 e. The number of nitrogens with zero attached hydrogens (tertiary/aromatic N) is 3. The van der Waals surface area contributed by atoms with Gasteiger partial charge in [0.1, 0.15) is 17.2 Å². The molecule has 0 aliphatic carbocycles. The molecule has 5 rings (SSSR count). The maximum absolute atomic E-state index is 13.6. The normalized spacial score (nSPS) is 14.5. The van der Waals surface area contributed by atoms with Crippen LogP contribution in [0.1, 0.15) is 53.0 Å². The molecule has 0 spiro atoms. The smallest absolute Gasteiger partial charge is 0.270 e. The summed E-state index contributed by atoms with van der Waals surface area (Å²) in [5.74, 6) is 0.0654. The third-order valence-corrected chi connectivity index (χ3v) is 6.73. The number of hydrogen-bond donors (Lipinski definition) is 1. The summed E-state index contributed by atoms with van der Waals surface area (Å²) in [6, 6.07) is 21.9. The molecule has 1 fully saturated rings. The van der Waals surface area contributed by atoms with Crippen molar-refractivity contribution in [1.29, 1.82) is 0 Å². The number of rotatable bonds is 6. The Bertz CT molecular complexity index is 1280. The van der Waals surface area contributed by atoms with Crippen LogP contribution in [0.4, 0.5) is 10.1 Å². The van der Waals surface area contributed by atoms with Crippen LogP contribution < -0.4 is 10.2 Å². The van der Waals surface area contributed by atoms with Gasteiger partial charge in [-0.25, -0.2) is 9.37 Å². The zero-order chi connectivity index (χ0) is 23.5. The van der Waals surface area contributed by atoms with Gasteiger partial charge in [0.05, 0.1) is 5.69 Å². The Labute approximate surface area is 199 Å². The first kappa shape index (κ1) is 22.1. The van der Waals surface area contributed by atoms with Gasteiger partial charge in [0.2, 0.25) is 0 Å². The number of pyridine rings is 1. The second kappa shape index (κ2) is 9.67. The Morgan fingerprint density at radius 2 is 1.79 bits per heavy atom. The lowest BCUT2D eigenvalue weighted by atomic mass is 9.89. The number of aryl methyl sites for hydroxylation is 1. The summed E-state index contributed by atoms with van der Waals surface area (Å²) >= 11 is 0. The second-order valence-corrected chi connectivity index (χ2v) is 8.85. The highest BCUT2D eigenvalue weighted by Gasteiger charge is 2.21. The number of benzene rings is 2. The lowest BCUT2D eigenvalue weighted by Gasteiger charge is -2.34. The number of halogens is 1. The average Bonchev–Trinajstić information content (AvgIpc) is 3.26. The fourth-order valence-electron chi connectivity index (χ4n) is 4.84. The number of carbonyl (C=O) groups excluding carboxylic acids is 1. The van der Waals surface area contributed by atoms with Crippen LogP contribution in [0.3, 0.4) is 0 Å². The predicted octanol–water partition coefficient (Wildman–Crippen LogP) is 5.35. The van der Waals surface area contributed by atoms with Gasteiger partial charge in [-0.3, -0.25) is 9.20 Å². The van der Waals surface area contributed by atoms with Crippen molar-refractivity contribution < 1.29 is 9.18 Å². The fraction of sp³-hybridized carbons (Fsp3) is 0.286. The molecule has 2 aromatic heterocycles. The van der Waals surface area contributed by atoms with Crippen LogP contribution in [0.5, 0.6) is 0 Å². The van der Waals surface area contributed by atoms with Gasteiger partial charge in [0.15, 0.2) is 0 Å². The Hall–Kier alpha value is -3.67. The van der Waals surface area contributed by atoms with Gasteiger partial charge in [0, 0.05) is 37.6 Å². The van der Waals surface area contributed by atoms with E-state index in [1.807, 2.05) is 6.92 Å². The van der Waals surface area contributed by atoms with Crippen LogP contribution >= 0.6 is 0 Å². The molecule has 2 aromatic carbocycles. The number of nitrogens with one attached hydrogen (secondary N) is 1. The minimum absolute atomic E-state index is 0.206. The molecule has 0 radical (unpaired) electrons. The predicted molar refractivity (Wildman–Crippen MR) is 133 cm³/mol. The molecule has 3 heterocycles. The number of imidazole rings is 1. The number of anilines is 1. The summed E-state index contributed by atoms with van der Waals surface area (Å²) in [7, 11) is 0. The molecule has 6 heteroatoms. The molecular weight excluding hydrogens is 427 g/mol. The van der Waals surface area contributed by atoms with Gasteiger partial charge in [-0.2, -0.15) is 0 Å². The topological polar surface area (TPSA) is 49.6 Å². The van der Waals surface area contributed by atoms with Crippen LogP contribution in [0, 0.1) is 5.82 Å². The molecule has 5 nitrogen and oxygen atoms in total. The number of fused-ring (bicyclic) bond motifs is 1. The van der Waals surface area contributed by atoms with Crippen molar-refractivity contribution in [1.82, 2.24) is 14.7 Å². The number of carbonyl (C=O) groups is 1. The molecule has 1 saturated heterocycles. The zero-order valence-corrected chi connectivity index (χ0v) is 19.4. The highest BCUT2D eigenvalue weighted by atomic mass is 19.1. The molecule has 1 aliphatic rings. The highest BCUT2D eigenvalue weighted by Crippen LogP contribution is 2.30. The summed E-state index contributed by atoms with van der Waals surface area (Å²) in [5, 5.41) is 3.00. The van der Waals surface area contributed by atoms with E-state index in [0.717, 1.165) is 31.5 Å². The lowest BCUT2D eigenvalue weighted by Crippen LogP contribution is -2.32. The first-order valence-corrected chi connectivity index (χ1v) is 12.0. The summed E-state index contributed by atoms with van der Waals surface area (Å²) in [6.07, 6.45) is 4.47. The molecule has 0 bridgehead atoms. The molecule has 1 amide bonds. The molecule has 174 valence electrons. The maximum atomic E-state index is 13.6. The van der Waals surface area contributed by atoms with Gasteiger partial charge >= 0.3 is 0 Å². The average molecular weight is 457 g/mol. The molecule has 1 aliphatic heterocycles. The Balaban J connectivity index is 1.20. The van der Waals surface area contributed by atoms with Gasteiger partial charge in [-0.1, -0.05) is 49.4 Å².